The predicted molar refractivity (Wildman–Crippen MR) is 111 cm³/mol. The van der Waals surface area contributed by atoms with Gasteiger partial charge in [-0.05, 0) is 36.8 Å². The highest BCUT2D eigenvalue weighted by molar-refractivity contribution is 7.92. The van der Waals surface area contributed by atoms with Crippen molar-refractivity contribution in [1.29, 1.82) is 0 Å². The first-order chi connectivity index (χ1) is 13.7. The second kappa shape index (κ2) is 8.44. The van der Waals surface area contributed by atoms with E-state index in [9.17, 15) is 23.3 Å². The molecule has 0 fully saturated rings. The zero-order valence-corrected chi connectivity index (χ0v) is 17.6. The van der Waals surface area contributed by atoms with Crippen molar-refractivity contribution >= 4 is 54.6 Å². The zero-order valence-electron chi connectivity index (χ0n) is 15.2. The average Bonchev–Trinajstić information content (AvgIpc) is 2.98. The van der Waals surface area contributed by atoms with Gasteiger partial charge in [-0.15, -0.1) is 0 Å². The number of aromatic nitrogens is 1. The second-order valence-electron chi connectivity index (χ2n) is 6.16. The van der Waals surface area contributed by atoms with E-state index in [1.165, 1.54) is 36.4 Å². The van der Waals surface area contributed by atoms with Crippen molar-refractivity contribution in [2.75, 3.05) is 5.75 Å². The van der Waals surface area contributed by atoms with Gasteiger partial charge in [-0.2, -0.15) is 4.99 Å². The largest absolute Gasteiger partial charge is 0.316 e. The Balaban J connectivity index is 1.99. The number of nitro groups is 1. The Morgan fingerprint density at radius 1 is 1.24 bits per heavy atom. The van der Waals surface area contributed by atoms with Crippen LogP contribution in [0.1, 0.15) is 13.3 Å². The third-order valence-electron chi connectivity index (χ3n) is 4.03. The number of fused-ring (bicyclic) bond motifs is 1. The molecule has 0 radical (unpaired) electrons. The molecule has 152 valence electrons. The molecule has 11 heteroatoms. The Bertz CT molecular complexity index is 1260. The molecule has 1 amide bonds. The van der Waals surface area contributed by atoms with Crippen LogP contribution in [-0.2, 0) is 21.2 Å². The Morgan fingerprint density at radius 2 is 1.93 bits per heavy atom. The first-order valence-corrected chi connectivity index (χ1v) is 11.4. The number of nitrogens with zero attached hydrogens (tertiary/aromatic N) is 3. The van der Waals surface area contributed by atoms with E-state index < -0.39 is 26.4 Å². The maximum absolute atomic E-state index is 12.4. The molecule has 0 saturated heterocycles. The zero-order chi connectivity index (χ0) is 21.2. The molecule has 0 aliphatic rings. The van der Waals surface area contributed by atoms with Crippen molar-refractivity contribution < 1.29 is 18.1 Å². The first-order valence-electron chi connectivity index (χ1n) is 8.55. The van der Waals surface area contributed by atoms with Gasteiger partial charge >= 0.3 is 0 Å². The topological polar surface area (TPSA) is 112 Å². The Hall–Kier alpha value is -2.56. The van der Waals surface area contributed by atoms with Crippen LogP contribution in [0.5, 0.6) is 0 Å². The number of sulfone groups is 1. The van der Waals surface area contributed by atoms with Gasteiger partial charge in [-0.1, -0.05) is 29.9 Å². The lowest BCUT2D eigenvalue weighted by molar-refractivity contribution is -0.384. The molecule has 8 nitrogen and oxygen atoms in total. The van der Waals surface area contributed by atoms with E-state index in [0.717, 1.165) is 17.8 Å². The van der Waals surface area contributed by atoms with Crippen LogP contribution in [0.15, 0.2) is 52.4 Å². The molecule has 0 aliphatic heterocycles. The highest BCUT2D eigenvalue weighted by Gasteiger charge is 2.20. The van der Waals surface area contributed by atoms with E-state index in [1.807, 2.05) is 6.92 Å². The minimum absolute atomic E-state index is 0.0150. The standard InChI is InChI=1S/C18H16ClN3O5S2/c1-2-9-21-15-8-5-13(22(24)25)10-16(15)28-18(21)20-17(23)11-29(26,27)14-6-3-12(19)4-7-14/h3-8,10H,2,9,11H2,1H3. The number of non-ortho nitro benzene ring substituents is 1. The van der Waals surface area contributed by atoms with Crippen LogP contribution in [-0.4, -0.2) is 29.6 Å². The van der Waals surface area contributed by atoms with Crippen LogP contribution in [0.25, 0.3) is 10.2 Å². The van der Waals surface area contributed by atoms with Crippen molar-refractivity contribution in [2.24, 2.45) is 4.99 Å². The van der Waals surface area contributed by atoms with Gasteiger partial charge in [-0.3, -0.25) is 14.9 Å². The summed E-state index contributed by atoms with van der Waals surface area (Å²) in [5.74, 6) is -1.60. The highest BCUT2D eigenvalue weighted by atomic mass is 35.5. The molecular weight excluding hydrogens is 438 g/mol. The van der Waals surface area contributed by atoms with Crippen LogP contribution in [0.3, 0.4) is 0 Å². The molecular formula is C18H16ClN3O5S2. The van der Waals surface area contributed by atoms with Crippen molar-refractivity contribution in [1.82, 2.24) is 4.57 Å². The van der Waals surface area contributed by atoms with Crippen molar-refractivity contribution in [3.63, 3.8) is 0 Å². The molecule has 1 aromatic heterocycles. The number of hydrogen-bond donors (Lipinski definition) is 0. The number of aryl methyl sites for hydroxylation is 1. The lowest BCUT2D eigenvalue weighted by Crippen LogP contribution is -2.21. The van der Waals surface area contributed by atoms with Crippen LogP contribution in [0, 0.1) is 10.1 Å². The normalized spacial score (nSPS) is 12.4. The monoisotopic (exact) mass is 453 g/mol. The molecule has 0 aliphatic carbocycles. The number of rotatable bonds is 6. The van der Waals surface area contributed by atoms with Crippen LogP contribution >= 0.6 is 22.9 Å². The van der Waals surface area contributed by atoms with E-state index in [4.69, 9.17) is 11.6 Å². The quantitative estimate of drug-likeness (QED) is 0.418. The summed E-state index contributed by atoms with van der Waals surface area (Å²) in [5.41, 5.74) is 0.639. The van der Waals surface area contributed by atoms with Gasteiger partial charge in [0, 0.05) is 23.7 Å². The van der Waals surface area contributed by atoms with Crippen LogP contribution in [0.2, 0.25) is 5.02 Å². The minimum atomic E-state index is -3.87. The van der Waals surface area contributed by atoms with Gasteiger partial charge in [0.05, 0.1) is 20.0 Å². The summed E-state index contributed by atoms with van der Waals surface area (Å²) in [6.45, 7) is 2.48. The van der Waals surface area contributed by atoms with Crippen LogP contribution < -0.4 is 4.80 Å². The number of carbonyl (C=O) groups excluding carboxylic acids is 1. The smallest absolute Gasteiger partial charge is 0.270 e. The van der Waals surface area contributed by atoms with E-state index in [2.05, 4.69) is 4.99 Å². The maximum atomic E-state index is 12.4. The summed E-state index contributed by atoms with van der Waals surface area (Å²) in [5, 5.41) is 11.4. The Labute approximate surface area is 175 Å². The lowest BCUT2D eigenvalue weighted by Gasteiger charge is -2.03. The van der Waals surface area contributed by atoms with E-state index in [1.54, 1.807) is 10.6 Å². The Kier molecular flexibility index (Phi) is 6.15. The van der Waals surface area contributed by atoms with E-state index in [-0.39, 0.29) is 10.6 Å². The van der Waals surface area contributed by atoms with Crippen molar-refractivity contribution in [3.05, 3.63) is 62.4 Å². The fourth-order valence-corrected chi connectivity index (χ4v) is 5.07. The predicted octanol–water partition coefficient (Wildman–Crippen LogP) is 3.58. The molecule has 3 rings (SSSR count). The van der Waals surface area contributed by atoms with Gasteiger partial charge in [-0.25, -0.2) is 8.42 Å². The van der Waals surface area contributed by atoms with Crippen LogP contribution in [0.4, 0.5) is 5.69 Å². The molecule has 0 bridgehead atoms. The number of hydrogen-bond acceptors (Lipinski definition) is 6. The van der Waals surface area contributed by atoms with Gasteiger partial charge in [0.25, 0.3) is 11.6 Å². The molecule has 0 spiro atoms. The summed E-state index contributed by atoms with van der Waals surface area (Å²) in [6, 6.07) is 9.95. The highest BCUT2D eigenvalue weighted by Crippen LogP contribution is 2.23. The fraction of sp³-hybridized carbons (Fsp3) is 0.222. The summed E-state index contributed by atoms with van der Waals surface area (Å²) >= 11 is 6.87. The first kappa shape index (κ1) is 21.2. The van der Waals surface area contributed by atoms with E-state index in [0.29, 0.717) is 26.6 Å². The molecule has 0 unspecified atom stereocenters. The average molecular weight is 454 g/mol. The number of thiazole rings is 1. The maximum Gasteiger partial charge on any atom is 0.270 e. The fourth-order valence-electron chi connectivity index (χ4n) is 2.73. The summed E-state index contributed by atoms with van der Waals surface area (Å²) in [4.78, 5) is 27.2. The van der Waals surface area contributed by atoms with E-state index >= 15 is 0 Å². The molecule has 2 aromatic carbocycles. The summed E-state index contributed by atoms with van der Waals surface area (Å²) in [7, 11) is -3.87. The third kappa shape index (κ3) is 4.72. The number of amides is 1. The second-order valence-corrected chi connectivity index (χ2v) is 9.60. The van der Waals surface area contributed by atoms with Crippen molar-refractivity contribution in [3.8, 4) is 0 Å². The van der Waals surface area contributed by atoms with Gasteiger partial charge in [0.1, 0.15) is 5.75 Å². The molecule has 3 aromatic rings. The van der Waals surface area contributed by atoms with Crippen molar-refractivity contribution in [2.45, 2.75) is 24.8 Å². The number of halogens is 1. The molecule has 1 heterocycles. The molecule has 0 saturated carbocycles. The van der Waals surface area contributed by atoms with Gasteiger partial charge in [0.15, 0.2) is 14.6 Å². The number of benzene rings is 2. The third-order valence-corrected chi connectivity index (χ3v) is 6.94. The molecule has 0 atom stereocenters. The summed E-state index contributed by atoms with van der Waals surface area (Å²) in [6.07, 6.45) is 0.743. The van der Waals surface area contributed by atoms with Gasteiger partial charge < -0.3 is 4.57 Å². The molecule has 0 N–H and O–H groups in total. The Morgan fingerprint density at radius 3 is 2.55 bits per heavy atom. The number of nitro benzene ring substituents is 1. The van der Waals surface area contributed by atoms with Gasteiger partial charge in [0.2, 0.25) is 0 Å². The molecule has 29 heavy (non-hydrogen) atoms. The minimum Gasteiger partial charge on any atom is -0.316 e. The lowest BCUT2D eigenvalue weighted by atomic mass is 10.3. The number of carbonyl (C=O) groups is 1. The summed E-state index contributed by atoms with van der Waals surface area (Å²) < 4.78 is 27.2. The SMILES string of the molecule is CCCn1c(=NC(=O)CS(=O)(=O)c2ccc(Cl)cc2)sc2cc([N+](=O)[O-])ccc21.